The van der Waals surface area contributed by atoms with E-state index in [1.54, 1.807) is 0 Å². The Balaban J connectivity index is 2.25. The maximum absolute atomic E-state index is 11.0. The van der Waals surface area contributed by atoms with Crippen molar-refractivity contribution in [1.29, 1.82) is 0 Å². The number of hydrogen-bond donors (Lipinski definition) is 1. The Morgan fingerprint density at radius 1 is 1.67 bits per heavy atom. The largest absolute Gasteiger partial charge is 0.463 e. The summed E-state index contributed by atoms with van der Waals surface area (Å²) in [7, 11) is 0. The van der Waals surface area contributed by atoms with Crippen LogP contribution in [-0.2, 0) is 9.53 Å². The molecule has 4 nitrogen and oxygen atoms in total. The molecule has 15 heavy (non-hydrogen) atoms. The van der Waals surface area contributed by atoms with Crippen molar-refractivity contribution >= 4 is 5.97 Å². The van der Waals surface area contributed by atoms with E-state index in [0.717, 1.165) is 26.2 Å². The van der Waals surface area contributed by atoms with Gasteiger partial charge in [0, 0.05) is 38.3 Å². The molecular weight excluding hydrogens is 192 g/mol. The fraction of sp³-hybridized carbons (Fsp3) is 0.727. The first kappa shape index (κ1) is 12.2. The van der Waals surface area contributed by atoms with Gasteiger partial charge in [-0.2, -0.15) is 0 Å². The van der Waals surface area contributed by atoms with Crippen LogP contribution in [0.1, 0.15) is 13.8 Å². The summed E-state index contributed by atoms with van der Waals surface area (Å²) in [6.07, 6.45) is 3.39. The summed E-state index contributed by atoms with van der Waals surface area (Å²) in [6.45, 7) is 8.34. The van der Waals surface area contributed by atoms with Gasteiger partial charge in [-0.1, -0.05) is 6.08 Å². The summed E-state index contributed by atoms with van der Waals surface area (Å²) in [6, 6.07) is 0.533. The SMILES string of the molecule is CCOC(=O)/C=C/CN1CCNC[C@H]1C. The number of nitrogens with one attached hydrogen (secondary N) is 1. The minimum absolute atomic E-state index is 0.250. The third-order valence-corrected chi connectivity index (χ3v) is 2.52. The van der Waals surface area contributed by atoms with Gasteiger partial charge in [0.2, 0.25) is 0 Å². The summed E-state index contributed by atoms with van der Waals surface area (Å²) in [5.74, 6) is -0.250. The third-order valence-electron chi connectivity index (χ3n) is 2.52. The van der Waals surface area contributed by atoms with Crippen molar-refractivity contribution < 1.29 is 9.53 Å². The molecule has 0 radical (unpaired) electrons. The maximum atomic E-state index is 11.0. The van der Waals surface area contributed by atoms with E-state index < -0.39 is 0 Å². The summed E-state index contributed by atoms with van der Waals surface area (Å²) in [5.41, 5.74) is 0. The Hall–Kier alpha value is -0.870. The van der Waals surface area contributed by atoms with Crippen LogP contribution in [0.15, 0.2) is 12.2 Å². The number of carbonyl (C=O) groups is 1. The number of rotatable bonds is 4. The van der Waals surface area contributed by atoms with Crippen LogP contribution in [0, 0.1) is 0 Å². The summed E-state index contributed by atoms with van der Waals surface area (Å²) in [5, 5.41) is 3.33. The van der Waals surface area contributed by atoms with Crippen LogP contribution in [-0.4, -0.2) is 49.7 Å². The lowest BCUT2D eigenvalue weighted by Gasteiger charge is -2.32. The molecule has 1 saturated heterocycles. The first-order valence-corrected chi connectivity index (χ1v) is 5.52. The molecule has 1 heterocycles. The van der Waals surface area contributed by atoms with Crippen LogP contribution in [0.5, 0.6) is 0 Å². The van der Waals surface area contributed by atoms with Crippen molar-refractivity contribution in [1.82, 2.24) is 10.2 Å². The lowest BCUT2D eigenvalue weighted by molar-refractivity contribution is -0.137. The summed E-state index contributed by atoms with van der Waals surface area (Å²) >= 11 is 0. The number of piperazine rings is 1. The van der Waals surface area contributed by atoms with Gasteiger partial charge < -0.3 is 10.1 Å². The molecule has 0 amide bonds. The molecule has 0 aliphatic carbocycles. The molecule has 1 aliphatic rings. The molecule has 0 aromatic carbocycles. The second kappa shape index (κ2) is 6.58. The Bertz CT molecular complexity index is 229. The van der Waals surface area contributed by atoms with Crippen molar-refractivity contribution in [3.05, 3.63) is 12.2 Å². The summed E-state index contributed by atoms with van der Waals surface area (Å²) in [4.78, 5) is 13.4. The molecule has 0 aromatic rings. The van der Waals surface area contributed by atoms with E-state index in [2.05, 4.69) is 17.1 Å². The predicted octanol–water partition coefficient (Wildman–Crippen LogP) is 0.399. The highest BCUT2D eigenvalue weighted by molar-refractivity contribution is 5.81. The minimum Gasteiger partial charge on any atom is -0.463 e. The Morgan fingerprint density at radius 3 is 3.13 bits per heavy atom. The van der Waals surface area contributed by atoms with E-state index >= 15 is 0 Å². The second-order valence-corrected chi connectivity index (χ2v) is 3.70. The number of esters is 1. The van der Waals surface area contributed by atoms with Crippen molar-refractivity contribution in [3.63, 3.8) is 0 Å². The van der Waals surface area contributed by atoms with Crippen molar-refractivity contribution in [3.8, 4) is 0 Å². The molecule has 1 aliphatic heterocycles. The fourth-order valence-corrected chi connectivity index (χ4v) is 1.63. The molecule has 4 heteroatoms. The number of carbonyl (C=O) groups excluding carboxylic acids is 1. The topological polar surface area (TPSA) is 41.6 Å². The van der Waals surface area contributed by atoms with Crippen molar-refractivity contribution in [2.45, 2.75) is 19.9 Å². The van der Waals surface area contributed by atoms with Crippen molar-refractivity contribution in [2.24, 2.45) is 0 Å². The zero-order valence-electron chi connectivity index (χ0n) is 9.53. The average molecular weight is 212 g/mol. The molecule has 0 unspecified atom stereocenters. The highest BCUT2D eigenvalue weighted by Crippen LogP contribution is 2.01. The highest BCUT2D eigenvalue weighted by Gasteiger charge is 2.15. The fourth-order valence-electron chi connectivity index (χ4n) is 1.63. The standard InChI is InChI=1S/C11H20N2O2/c1-3-15-11(14)5-4-7-13-8-6-12-9-10(13)2/h4-5,10,12H,3,6-9H2,1-2H3/b5-4+/t10-/m1/s1. The molecule has 0 saturated carbocycles. The maximum Gasteiger partial charge on any atom is 0.330 e. The number of ether oxygens (including phenoxy) is 1. The molecule has 1 fully saturated rings. The Kier molecular flexibility index (Phi) is 5.36. The predicted molar refractivity (Wildman–Crippen MR) is 59.7 cm³/mol. The molecule has 1 rings (SSSR count). The van der Waals surface area contributed by atoms with E-state index in [4.69, 9.17) is 4.74 Å². The van der Waals surface area contributed by atoms with E-state index in [0.29, 0.717) is 12.6 Å². The van der Waals surface area contributed by atoms with Crippen LogP contribution in [0.2, 0.25) is 0 Å². The van der Waals surface area contributed by atoms with Crippen LogP contribution >= 0.6 is 0 Å². The molecule has 1 N–H and O–H groups in total. The normalized spacial score (nSPS) is 23.2. The lowest BCUT2D eigenvalue weighted by Crippen LogP contribution is -2.49. The zero-order chi connectivity index (χ0) is 11.1. The van der Waals surface area contributed by atoms with E-state index in [9.17, 15) is 4.79 Å². The van der Waals surface area contributed by atoms with E-state index in [-0.39, 0.29) is 5.97 Å². The first-order chi connectivity index (χ1) is 7.24. The molecular formula is C11H20N2O2. The van der Waals surface area contributed by atoms with Gasteiger partial charge in [0.15, 0.2) is 0 Å². The first-order valence-electron chi connectivity index (χ1n) is 5.52. The van der Waals surface area contributed by atoms with Crippen LogP contribution in [0.3, 0.4) is 0 Å². The van der Waals surface area contributed by atoms with Crippen molar-refractivity contribution in [2.75, 3.05) is 32.8 Å². The van der Waals surface area contributed by atoms with E-state index in [1.807, 2.05) is 13.0 Å². The third kappa shape index (κ3) is 4.44. The average Bonchev–Trinajstić information content (AvgIpc) is 2.21. The Labute approximate surface area is 91.3 Å². The Morgan fingerprint density at radius 2 is 2.47 bits per heavy atom. The van der Waals surface area contributed by atoms with Gasteiger partial charge in [-0.05, 0) is 13.8 Å². The zero-order valence-corrected chi connectivity index (χ0v) is 9.53. The lowest BCUT2D eigenvalue weighted by atomic mass is 10.2. The summed E-state index contributed by atoms with van der Waals surface area (Å²) < 4.78 is 4.80. The second-order valence-electron chi connectivity index (χ2n) is 3.70. The van der Waals surface area contributed by atoms with Gasteiger partial charge in [0.05, 0.1) is 6.61 Å². The van der Waals surface area contributed by atoms with E-state index in [1.165, 1.54) is 6.08 Å². The van der Waals surface area contributed by atoms with Gasteiger partial charge in [-0.15, -0.1) is 0 Å². The quantitative estimate of drug-likeness (QED) is 0.541. The number of nitrogens with zero attached hydrogens (tertiary/aromatic N) is 1. The molecule has 0 aromatic heterocycles. The van der Waals surface area contributed by atoms with Gasteiger partial charge in [0.25, 0.3) is 0 Å². The molecule has 0 spiro atoms. The van der Waals surface area contributed by atoms with Gasteiger partial charge in [-0.25, -0.2) is 4.79 Å². The number of hydrogen-bond acceptors (Lipinski definition) is 4. The van der Waals surface area contributed by atoms with Crippen LogP contribution in [0.4, 0.5) is 0 Å². The smallest absolute Gasteiger partial charge is 0.330 e. The monoisotopic (exact) mass is 212 g/mol. The highest BCUT2D eigenvalue weighted by atomic mass is 16.5. The molecule has 0 bridgehead atoms. The van der Waals surface area contributed by atoms with Crippen LogP contribution < -0.4 is 5.32 Å². The molecule has 86 valence electrons. The van der Waals surface area contributed by atoms with Gasteiger partial charge >= 0.3 is 5.97 Å². The van der Waals surface area contributed by atoms with Crippen LogP contribution in [0.25, 0.3) is 0 Å². The molecule has 1 atom stereocenters. The minimum atomic E-state index is -0.250. The van der Waals surface area contributed by atoms with Gasteiger partial charge in [0.1, 0.15) is 0 Å². The van der Waals surface area contributed by atoms with Gasteiger partial charge in [-0.3, -0.25) is 4.90 Å².